The number of hydrogen-bond donors (Lipinski definition) is 2. The first kappa shape index (κ1) is 30.6. The Morgan fingerprint density at radius 1 is 1.12 bits per heavy atom. The summed E-state index contributed by atoms with van der Waals surface area (Å²) in [6, 6.07) is 14.6. The van der Waals surface area contributed by atoms with Crippen molar-refractivity contribution in [3.63, 3.8) is 0 Å². The summed E-state index contributed by atoms with van der Waals surface area (Å²) >= 11 is 0. The van der Waals surface area contributed by atoms with Crippen molar-refractivity contribution in [2.75, 3.05) is 29.9 Å². The number of aromatic nitrogens is 2. The van der Waals surface area contributed by atoms with Gasteiger partial charge in [0.2, 0.25) is 5.91 Å². The molecule has 1 unspecified atom stereocenters. The van der Waals surface area contributed by atoms with E-state index >= 15 is 0 Å². The van der Waals surface area contributed by atoms with Crippen LogP contribution in [0.1, 0.15) is 66.0 Å². The monoisotopic (exact) mass is 571 g/mol. The summed E-state index contributed by atoms with van der Waals surface area (Å²) in [5.41, 5.74) is 4.40. The highest BCUT2D eigenvalue weighted by molar-refractivity contribution is 5.96. The van der Waals surface area contributed by atoms with Crippen molar-refractivity contribution < 1.29 is 14.0 Å². The van der Waals surface area contributed by atoms with Crippen LogP contribution >= 0.6 is 0 Å². The minimum Gasteiger partial charge on any atom is -0.364 e. The van der Waals surface area contributed by atoms with E-state index in [0.29, 0.717) is 46.9 Å². The van der Waals surface area contributed by atoms with Crippen molar-refractivity contribution >= 4 is 23.2 Å². The van der Waals surface area contributed by atoms with Crippen LogP contribution in [0.3, 0.4) is 0 Å². The molecule has 1 aliphatic heterocycles. The number of likely N-dealkylation sites (tertiary alicyclic amines) is 1. The number of aryl methyl sites for hydroxylation is 2. The molecule has 0 radical (unpaired) electrons. The van der Waals surface area contributed by atoms with Crippen molar-refractivity contribution in [2.24, 2.45) is 0 Å². The highest BCUT2D eigenvalue weighted by Gasteiger charge is 2.28. The number of carbonyl (C=O) groups is 2. The van der Waals surface area contributed by atoms with E-state index in [1.54, 1.807) is 6.07 Å². The Kier molecular flexibility index (Phi) is 10.2. The molecule has 42 heavy (non-hydrogen) atoms. The van der Waals surface area contributed by atoms with E-state index in [1.807, 2.05) is 38.1 Å². The Hall–Kier alpha value is -4.36. The second-order valence-electron chi connectivity index (χ2n) is 10.9. The molecule has 1 aliphatic rings. The second-order valence-corrected chi connectivity index (χ2v) is 10.9. The van der Waals surface area contributed by atoms with Crippen LogP contribution < -0.4 is 15.5 Å². The predicted molar refractivity (Wildman–Crippen MR) is 161 cm³/mol. The Bertz CT molecular complexity index is 1430. The third-order valence-electron chi connectivity index (χ3n) is 7.90. The molecule has 9 nitrogen and oxygen atoms in total. The topological polar surface area (TPSA) is 114 Å². The molecule has 0 bridgehead atoms. The lowest BCUT2D eigenvalue weighted by Crippen LogP contribution is -2.48. The van der Waals surface area contributed by atoms with Gasteiger partial charge in [0, 0.05) is 62.1 Å². The van der Waals surface area contributed by atoms with E-state index in [-0.39, 0.29) is 29.7 Å². The molecule has 220 valence electrons. The van der Waals surface area contributed by atoms with Gasteiger partial charge in [-0.3, -0.25) is 9.59 Å². The van der Waals surface area contributed by atoms with E-state index in [4.69, 9.17) is 0 Å². The van der Waals surface area contributed by atoms with Gasteiger partial charge in [-0.05, 0) is 82.5 Å². The molecule has 1 atom stereocenters. The number of nitriles is 1. The highest BCUT2D eigenvalue weighted by Crippen LogP contribution is 2.29. The SMILES string of the molecule is CC(=O)Nc1ccc(N(Cc2cc(C#N)ccc2F)C2CCN(C(C)CCNC(=O)c3c(C)ncnc3C)CC2)cc1. The molecule has 2 N–H and O–H groups in total. The van der Waals surface area contributed by atoms with Crippen molar-refractivity contribution in [3.05, 3.63) is 82.7 Å². The molecule has 0 saturated carbocycles. The smallest absolute Gasteiger partial charge is 0.254 e. The molecule has 2 heterocycles. The van der Waals surface area contributed by atoms with E-state index in [9.17, 15) is 19.2 Å². The molecule has 1 saturated heterocycles. The van der Waals surface area contributed by atoms with Gasteiger partial charge in [0.1, 0.15) is 12.1 Å². The second kappa shape index (κ2) is 14.0. The summed E-state index contributed by atoms with van der Waals surface area (Å²) in [6.45, 7) is 9.88. The van der Waals surface area contributed by atoms with E-state index < -0.39 is 0 Å². The standard InChI is InChI=1S/C32H38FN7O2/c1-21(11-14-35-32(42)31-22(2)36-20-37-23(31)3)39-15-12-29(13-16-39)40(19-26-17-25(18-34)5-10-30(26)33)28-8-6-27(7-9-28)38-24(4)41/h5-10,17,20-21,29H,11-16,19H2,1-4H3,(H,35,42)(H,38,41). The highest BCUT2D eigenvalue weighted by atomic mass is 19.1. The van der Waals surface area contributed by atoms with Gasteiger partial charge in [-0.2, -0.15) is 5.26 Å². The fraction of sp³-hybridized carbons (Fsp3) is 0.406. The van der Waals surface area contributed by atoms with Crippen LogP contribution in [0.4, 0.5) is 15.8 Å². The summed E-state index contributed by atoms with van der Waals surface area (Å²) in [7, 11) is 0. The number of rotatable bonds is 10. The Morgan fingerprint density at radius 2 is 1.79 bits per heavy atom. The Morgan fingerprint density at radius 3 is 2.40 bits per heavy atom. The van der Waals surface area contributed by atoms with Gasteiger partial charge in [0.15, 0.2) is 0 Å². The molecule has 10 heteroatoms. The van der Waals surface area contributed by atoms with Gasteiger partial charge in [-0.15, -0.1) is 0 Å². The summed E-state index contributed by atoms with van der Waals surface area (Å²) in [4.78, 5) is 37.1. The van der Waals surface area contributed by atoms with Crippen LogP contribution in [-0.2, 0) is 11.3 Å². The minimum atomic E-state index is -0.338. The number of piperidine rings is 1. The summed E-state index contributed by atoms with van der Waals surface area (Å²) < 4.78 is 14.8. The zero-order chi connectivity index (χ0) is 30.2. The van der Waals surface area contributed by atoms with Gasteiger partial charge < -0.3 is 20.4 Å². The molecule has 2 amide bonds. The number of nitrogens with one attached hydrogen (secondary N) is 2. The van der Waals surface area contributed by atoms with Crippen molar-refractivity contribution in [2.45, 2.75) is 65.6 Å². The van der Waals surface area contributed by atoms with E-state index in [2.05, 4.69) is 43.4 Å². The maximum atomic E-state index is 14.8. The quantitative estimate of drug-likeness (QED) is 0.361. The number of anilines is 2. The molecular weight excluding hydrogens is 533 g/mol. The molecule has 1 fully saturated rings. The van der Waals surface area contributed by atoms with E-state index in [0.717, 1.165) is 38.0 Å². The molecule has 1 aromatic heterocycles. The fourth-order valence-electron chi connectivity index (χ4n) is 5.55. The van der Waals surface area contributed by atoms with Crippen molar-refractivity contribution in [1.29, 1.82) is 5.26 Å². The first-order valence-corrected chi connectivity index (χ1v) is 14.3. The third kappa shape index (κ3) is 7.68. The maximum absolute atomic E-state index is 14.8. The lowest BCUT2D eigenvalue weighted by molar-refractivity contribution is -0.114. The number of nitrogens with zero attached hydrogens (tertiary/aromatic N) is 5. The molecule has 0 spiro atoms. The third-order valence-corrected chi connectivity index (χ3v) is 7.90. The van der Waals surface area contributed by atoms with Crippen LogP contribution in [-0.4, -0.2) is 58.4 Å². The molecule has 2 aromatic carbocycles. The predicted octanol–water partition coefficient (Wildman–Crippen LogP) is 4.74. The zero-order valence-electron chi connectivity index (χ0n) is 24.7. The van der Waals surface area contributed by atoms with Crippen molar-refractivity contribution in [3.8, 4) is 6.07 Å². The number of benzene rings is 2. The van der Waals surface area contributed by atoms with Crippen LogP contribution in [0.2, 0.25) is 0 Å². The number of carbonyl (C=O) groups excluding carboxylic acids is 2. The molecule has 0 aliphatic carbocycles. The number of hydrogen-bond acceptors (Lipinski definition) is 7. The van der Waals surface area contributed by atoms with Gasteiger partial charge in [-0.1, -0.05) is 0 Å². The fourth-order valence-corrected chi connectivity index (χ4v) is 5.55. The van der Waals surface area contributed by atoms with Gasteiger partial charge >= 0.3 is 0 Å². The van der Waals surface area contributed by atoms with Crippen LogP contribution in [0.15, 0.2) is 48.8 Å². The van der Waals surface area contributed by atoms with Crippen molar-refractivity contribution in [1.82, 2.24) is 20.2 Å². The lowest BCUT2D eigenvalue weighted by Gasteiger charge is -2.42. The zero-order valence-corrected chi connectivity index (χ0v) is 24.7. The number of amides is 2. The Balaban J connectivity index is 1.40. The summed E-state index contributed by atoms with van der Waals surface area (Å²) in [5, 5.41) is 15.2. The molecule has 3 aromatic rings. The average Bonchev–Trinajstić information content (AvgIpc) is 2.97. The van der Waals surface area contributed by atoms with Crippen LogP contribution in [0.25, 0.3) is 0 Å². The van der Waals surface area contributed by atoms with Crippen LogP contribution in [0, 0.1) is 31.0 Å². The van der Waals surface area contributed by atoms with Gasteiger partial charge in [0.25, 0.3) is 5.91 Å². The summed E-state index contributed by atoms with van der Waals surface area (Å²) in [5.74, 6) is -0.630. The maximum Gasteiger partial charge on any atom is 0.254 e. The largest absolute Gasteiger partial charge is 0.364 e. The molecule has 4 rings (SSSR count). The Labute approximate surface area is 246 Å². The van der Waals surface area contributed by atoms with Gasteiger partial charge in [-0.25, -0.2) is 14.4 Å². The molecular formula is C32H38FN7O2. The first-order chi connectivity index (χ1) is 20.2. The van der Waals surface area contributed by atoms with Crippen LogP contribution in [0.5, 0.6) is 0 Å². The first-order valence-electron chi connectivity index (χ1n) is 14.3. The van der Waals surface area contributed by atoms with E-state index in [1.165, 1.54) is 25.4 Å². The average molecular weight is 572 g/mol. The normalized spacial score (nSPS) is 14.6. The van der Waals surface area contributed by atoms with Gasteiger partial charge in [0.05, 0.1) is 28.6 Å². The summed E-state index contributed by atoms with van der Waals surface area (Å²) in [6.07, 6.45) is 4.03. The number of halogens is 1. The lowest BCUT2D eigenvalue weighted by atomic mass is 9.98. The minimum absolute atomic E-state index is 0.143.